The molecule has 0 aliphatic carbocycles. The third kappa shape index (κ3) is 53.3. The van der Waals surface area contributed by atoms with Gasteiger partial charge in [0.15, 0.2) is 6.10 Å². The van der Waals surface area contributed by atoms with Gasteiger partial charge in [0.05, 0.1) is 19.8 Å². The van der Waals surface area contributed by atoms with Crippen molar-refractivity contribution < 1.29 is 52.2 Å². The summed E-state index contributed by atoms with van der Waals surface area (Å²) in [5.74, 6) is -1.42. The molecule has 0 aromatic rings. The van der Waals surface area contributed by atoms with Crippen molar-refractivity contribution >= 4 is 25.7 Å². The number of rotatable bonds is 59. The summed E-state index contributed by atoms with van der Waals surface area (Å²) < 4.78 is 39.6. The Balaban J connectivity index is 4.57. The van der Waals surface area contributed by atoms with E-state index in [-0.39, 0.29) is 25.9 Å². The Bertz CT molecular complexity index is 1220. The number of aliphatic hydroxyl groups is 1. The Hall–Kier alpha value is -1.52. The number of ether oxygens (including phenoxy) is 3. The Morgan fingerprint density at radius 2 is 0.556 bits per heavy atom. The minimum absolute atomic E-state index is 0.179. The first-order valence-electron chi connectivity index (χ1n) is 30.9. The molecular weight excluding hydrogens is 928 g/mol. The molecule has 3 unspecified atom stereocenters. The quantitative estimate of drug-likeness (QED) is 0.0259. The molecular formula is C60H117O11P. The lowest BCUT2D eigenvalue weighted by Gasteiger charge is -2.21. The molecule has 0 aromatic carbocycles. The highest BCUT2D eigenvalue weighted by Gasteiger charge is 2.28. The Kier molecular flexibility index (Phi) is 54.5. The lowest BCUT2D eigenvalue weighted by molar-refractivity contribution is -0.161. The van der Waals surface area contributed by atoms with Gasteiger partial charge in [-0.05, 0) is 19.3 Å². The molecule has 0 saturated carbocycles. The van der Waals surface area contributed by atoms with Gasteiger partial charge in [-0.3, -0.25) is 23.4 Å². The van der Waals surface area contributed by atoms with E-state index in [1.807, 2.05) is 0 Å². The van der Waals surface area contributed by atoms with Gasteiger partial charge in [0.2, 0.25) is 0 Å². The molecule has 11 nitrogen and oxygen atoms in total. The van der Waals surface area contributed by atoms with E-state index < -0.39 is 57.8 Å². The zero-order valence-electron chi connectivity index (χ0n) is 47.4. The molecule has 0 aromatic heterocycles. The van der Waals surface area contributed by atoms with Gasteiger partial charge in [0.25, 0.3) is 0 Å². The SMILES string of the molecule is CCCCCCCCCCCCCCCCCCCC(=O)OC(CO)COP(=O)(O)OCC(COC(=O)CCCCCCCCCCCCC)OC(=O)CCCCCCCCCCCCCCCCCCC. The van der Waals surface area contributed by atoms with E-state index >= 15 is 0 Å². The van der Waals surface area contributed by atoms with E-state index in [1.54, 1.807) is 0 Å². The number of carbonyl (C=O) groups is 3. The summed E-state index contributed by atoms with van der Waals surface area (Å²) in [5.41, 5.74) is 0. The van der Waals surface area contributed by atoms with Crippen LogP contribution >= 0.6 is 7.82 Å². The van der Waals surface area contributed by atoms with Crippen LogP contribution in [0.3, 0.4) is 0 Å². The number of aliphatic hydroxyl groups excluding tert-OH is 1. The Labute approximate surface area is 443 Å². The van der Waals surface area contributed by atoms with Crippen LogP contribution in [0.15, 0.2) is 0 Å². The van der Waals surface area contributed by atoms with E-state index in [1.165, 1.54) is 212 Å². The van der Waals surface area contributed by atoms with E-state index in [0.29, 0.717) is 19.3 Å². The van der Waals surface area contributed by atoms with Crippen molar-refractivity contribution in [2.24, 2.45) is 0 Å². The normalized spacial score (nSPS) is 13.2. The van der Waals surface area contributed by atoms with Gasteiger partial charge in [-0.25, -0.2) is 4.57 Å². The number of carbonyl (C=O) groups excluding carboxylic acids is 3. The molecule has 0 saturated heterocycles. The van der Waals surface area contributed by atoms with Crippen molar-refractivity contribution in [2.75, 3.05) is 26.4 Å². The van der Waals surface area contributed by atoms with Gasteiger partial charge in [-0.15, -0.1) is 0 Å². The summed E-state index contributed by atoms with van der Waals surface area (Å²) in [7, 11) is -4.73. The second-order valence-electron chi connectivity index (χ2n) is 21.2. The molecule has 428 valence electrons. The third-order valence-electron chi connectivity index (χ3n) is 14.0. The number of hydrogen-bond donors (Lipinski definition) is 2. The van der Waals surface area contributed by atoms with Crippen LogP contribution in [0.4, 0.5) is 0 Å². The van der Waals surface area contributed by atoms with E-state index in [9.17, 15) is 28.9 Å². The monoisotopic (exact) mass is 1040 g/mol. The minimum atomic E-state index is -4.73. The molecule has 0 amide bonds. The van der Waals surface area contributed by atoms with Crippen LogP contribution in [-0.4, -0.2) is 66.5 Å². The zero-order valence-corrected chi connectivity index (χ0v) is 48.3. The second kappa shape index (κ2) is 55.7. The van der Waals surface area contributed by atoms with Gasteiger partial charge >= 0.3 is 25.7 Å². The first-order chi connectivity index (χ1) is 35.2. The van der Waals surface area contributed by atoms with Crippen LogP contribution in [0, 0.1) is 0 Å². The molecule has 0 heterocycles. The molecule has 0 spiro atoms. The van der Waals surface area contributed by atoms with Crippen molar-refractivity contribution in [1.82, 2.24) is 0 Å². The molecule has 0 bridgehead atoms. The highest BCUT2D eigenvalue weighted by atomic mass is 31.2. The Morgan fingerprint density at radius 1 is 0.333 bits per heavy atom. The fourth-order valence-electron chi connectivity index (χ4n) is 9.30. The van der Waals surface area contributed by atoms with Gasteiger partial charge in [0, 0.05) is 19.3 Å². The van der Waals surface area contributed by atoms with Crippen LogP contribution in [0.1, 0.15) is 329 Å². The van der Waals surface area contributed by atoms with Crippen LogP contribution in [0.25, 0.3) is 0 Å². The highest BCUT2D eigenvalue weighted by molar-refractivity contribution is 7.47. The van der Waals surface area contributed by atoms with Gasteiger partial charge in [0.1, 0.15) is 12.7 Å². The first kappa shape index (κ1) is 70.5. The number of phosphoric ester groups is 1. The van der Waals surface area contributed by atoms with Crippen molar-refractivity contribution in [3.8, 4) is 0 Å². The van der Waals surface area contributed by atoms with Crippen LogP contribution in [0.2, 0.25) is 0 Å². The predicted octanol–water partition coefficient (Wildman–Crippen LogP) is 18.3. The number of esters is 3. The van der Waals surface area contributed by atoms with Crippen LogP contribution in [-0.2, 0) is 42.2 Å². The molecule has 0 aliphatic rings. The minimum Gasteiger partial charge on any atom is -0.462 e. The van der Waals surface area contributed by atoms with Crippen LogP contribution in [0.5, 0.6) is 0 Å². The number of phosphoric acid groups is 1. The molecule has 0 aliphatic heterocycles. The predicted molar refractivity (Wildman–Crippen MR) is 298 cm³/mol. The lowest BCUT2D eigenvalue weighted by Crippen LogP contribution is -2.30. The average molecular weight is 1050 g/mol. The maximum Gasteiger partial charge on any atom is 0.472 e. The summed E-state index contributed by atoms with van der Waals surface area (Å²) in [6.07, 6.45) is 53.4. The van der Waals surface area contributed by atoms with Crippen molar-refractivity contribution in [3.63, 3.8) is 0 Å². The lowest BCUT2D eigenvalue weighted by atomic mass is 10.0. The summed E-state index contributed by atoms with van der Waals surface area (Å²) in [6, 6.07) is 0. The molecule has 72 heavy (non-hydrogen) atoms. The molecule has 0 radical (unpaired) electrons. The maximum atomic E-state index is 12.9. The Morgan fingerprint density at radius 3 is 0.819 bits per heavy atom. The number of unbranched alkanes of at least 4 members (excludes halogenated alkanes) is 42. The molecule has 0 rings (SSSR count). The summed E-state index contributed by atoms with van der Waals surface area (Å²) in [6.45, 7) is 4.73. The highest BCUT2D eigenvalue weighted by Crippen LogP contribution is 2.43. The van der Waals surface area contributed by atoms with Crippen LogP contribution < -0.4 is 0 Å². The molecule has 0 fully saturated rings. The third-order valence-corrected chi connectivity index (χ3v) is 15.0. The van der Waals surface area contributed by atoms with Crippen molar-refractivity contribution in [3.05, 3.63) is 0 Å². The van der Waals surface area contributed by atoms with Gasteiger partial charge < -0.3 is 24.2 Å². The molecule has 2 N–H and O–H groups in total. The van der Waals surface area contributed by atoms with Gasteiger partial charge in [-0.2, -0.15) is 0 Å². The van der Waals surface area contributed by atoms with Gasteiger partial charge in [-0.1, -0.05) is 290 Å². The fraction of sp³-hybridized carbons (Fsp3) is 0.950. The van der Waals surface area contributed by atoms with Crippen molar-refractivity contribution in [1.29, 1.82) is 0 Å². The van der Waals surface area contributed by atoms with E-state index in [2.05, 4.69) is 20.8 Å². The smallest absolute Gasteiger partial charge is 0.462 e. The summed E-state index contributed by atoms with van der Waals surface area (Å²) >= 11 is 0. The summed E-state index contributed by atoms with van der Waals surface area (Å²) in [5, 5.41) is 9.83. The molecule has 3 atom stereocenters. The number of hydrogen-bond acceptors (Lipinski definition) is 10. The topological polar surface area (TPSA) is 155 Å². The zero-order chi connectivity index (χ0) is 52.7. The fourth-order valence-corrected chi connectivity index (χ4v) is 10.1. The molecule has 12 heteroatoms. The average Bonchev–Trinajstić information content (AvgIpc) is 3.37. The van der Waals surface area contributed by atoms with E-state index in [4.69, 9.17) is 23.3 Å². The van der Waals surface area contributed by atoms with E-state index in [0.717, 1.165) is 57.8 Å². The second-order valence-corrected chi connectivity index (χ2v) is 22.7. The standard InChI is InChI=1S/C60H117O11P/c1-4-7-10-13-16-19-22-24-26-28-30-32-35-38-41-44-47-50-59(63)70-56(52-61)54-68-72(65,66)69-55-57(53-67-58(62)49-46-43-40-37-34-21-18-15-12-9-6-3)71-60(64)51-48-45-42-39-36-33-31-29-27-25-23-20-17-14-11-8-5-2/h56-57,61H,4-55H2,1-3H3,(H,65,66). The largest absolute Gasteiger partial charge is 0.472 e. The maximum absolute atomic E-state index is 12.9. The van der Waals surface area contributed by atoms with Crippen molar-refractivity contribution in [2.45, 2.75) is 341 Å². The first-order valence-corrected chi connectivity index (χ1v) is 32.4. The summed E-state index contributed by atoms with van der Waals surface area (Å²) in [4.78, 5) is 48.6.